The molecule has 1 saturated heterocycles. The van der Waals surface area contributed by atoms with Gasteiger partial charge in [-0.2, -0.15) is 24.9 Å². The van der Waals surface area contributed by atoms with Crippen LogP contribution in [0.4, 0.5) is 18.9 Å². The van der Waals surface area contributed by atoms with Crippen molar-refractivity contribution in [3.8, 4) is 5.75 Å². The molecule has 2 aliphatic rings. The van der Waals surface area contributed by atoms with Crippen LogP contribution in [0.15, 0.2) is 36.4 Å². The Morgan fingerprint density at radius 1 is 1.19 bits per heavy atom. The summed E-state index contributed by atoms with van der Waals surface area (Å²) in [6.07, 6.45) is -1.27. The summed E-state index contributed by atoms with van der Waals surface area (Å²) in [5.74, 6) is -0.225. The highest BCUT2D eigenvalue weighted by atomic mass is 32.2. The Morgan fingerprint density at radius 2 is 1.95 bits per heavy atom. The fraction of sp³-hybridized carbons (Fsp3) is 0.346. The molecule has 2 atom stereocenters. The van der Waals surface area contributed by atoms with Gasteiger partial charge in [0, 0.05) is 34.3 Å². The number of amides is 2. The first kappa shape index (κ1) is 25.6. The number of thiophene rings is 1. The van der Waals surface area contributed by atoms with Crippen LogP contribution < -0.4 is 10.1 Å². The maximum Gasteiger partial charge on any atom is 0.416 e. The number of hydrogen-bond donors (Lipinski definition) is 1. The van der Waals surface area contributed by atoms with Crippen molar-refractivity contribution < 1.29 is 32.3 Å². The van der Waals surface area contributed by atoms with Crippen LogP contribution in [0.3, 0.4) is 0 Å². The number of aldehydes is 1. The van der Waals surface area contributed by atoms with Crippen molar-refractivity contribution >= 4 is 57.0 Å². The van der Waals surface area contributed by atoms with Crippen molar-refractivity contribution in [1.29, 1.82) is 0 Å². The van der Waals surface area contributed by atoms with Gasteiger partial charge in [-0.25, -0.2) is 0 Å². The number of nitrogens with one attached hydrogen (secondary N) is 1. The molecule has 194 valence electrons. The number of methoxy groups -OCH3 is 1. The van der Waals surface area contributed by atoms with Crippen LogP contribution in [0.2, 0.25) is 0 Å². The molecule has 1 saturated carbocycles. The zero-order chi connectivity index (χ0) is 26.5. The van der Waals surface area contributed by atoms with Gasteiger partial charge in [-0.05, 0) is 48.4 Å². The number of fused-ring (bicyclic) bond motifs is 1. The van der Waals surface area contributed by atoms with Crippen molar-refractivity contribution in [2.24, 2.45) is 5.92 Å². The molecule has 1 aliphatic heterocycles. The molecule has 5 rings (SSSR count). The number of hydrogen-bond acceptors (Lipinski definition) is 6. The lowest BCUT2D eigenvalue weighted by atomic mass is 10.0. The summed E-state index contributed by atoms with van der Waals surface area (Å²) >= 11 is 2.63. The molecule has 1 aromatic heterocycles. The largest absolute Gasteiger partial charge is 0.496 e. The van der Waals surface area contributed by atoms with Gasteiger partial charge in [-0.3, -0.25) is 14.4 Å². The smallest absolute Gasteiger partial charge is 0.416 e. The molecule has 2 unspecified atom stereocenters. The second kappa shape index (κ2) is 9.68. The van der Waals surface area contributed by atoms with Crippen LogP contribution in [-0.2, 0) is 11.0 Å². The van der Waals surface area contributed by atoms with E-state index in [9.17, 15) is 27.6 Å². The van der Waals surface area contributed by atoms with E-state index in [1.54, 1.807) is 23.9 Å². The highest BCUT2D eigenvalue weighted by Gasteiger charge is 2.48. The molecule has 0 radical (unpaired) electrons. The van der Waals surface area contributed by atoms with Gasteiger partial charge in [-0.15, -0.1) is 11.3 Å². The first-order chi connectivity index (χ1) is 17.6. The number of thioether (sulfide) groups is 1. The minimum Gasteiger partial charge on any atom is -0.496 e. The summed E-state index contributed by atoms with van der Waals surface area (Å²) in [4.78, 5) is 39.7. The van der Waals surface area contributed by atoms with Crippen LogP contribution in [0.1, 0.15) is 43.5 Å². The molecule has 1 aliphatic carbocycles. The fourth-order valence-electron chi connectivity index (χ4n) is 4.66. The molecule has 2 fully saturated rings. The molecule has 1 N–H and O–H groups in total. The Morgan fingerprint density at radius 3 is 2.59 bits per heavy atom. The average molecular weight is 549 g/mol. The molecular weight excluding hydrogens is 525 g/mol. The number of rotatable bonds is 7. The van der Waals surface area contributed by atoms with Gasteiger partial charge in [-0.1, -0.05) is 12.1 Å². The summed E-state index contributed by atoms with van der Waals surface area (Å²) in [7, 11) is 1.43. The minimum absolute atomic E-state index is 0.00610. The van der Waals surface area contributed by atoms with E-state index in [1.807, 2.05) is 17.2 Å². The van der Waals surface area contributed by atoms with Crippen molar-refractivity contribution in [3.63, 3.8) is 0 Å². The summed E-state index contributed by atoms with van der Waals surface area (Å²) in [5.41, 5.74) is 0.378. The van der Waals surface area contributed by atoms with E-state index >= 15 is 0 Å². The van der Waals surface area contributed by atoms with Crippen LogP contribution in [0, 0.1) is 5.92 Å². The fourth-order valence-corrected chi connectivity index (χ4v) is 6.33. The Kier molecular flexibility index (Phi) is 6.70. The topological polar surface area (TPSA) is 75.7 Å². The summed E-state index contributed by atoms with van der Waals surface area (Å²) in [6, 6.07) is 8.33. The molecule has 37 heavy (non-hydrogen) atoms. The summed E-state index contributed by atoms with van der Waals surface area (Å²) < 4.78 is 45.0. The normalized spacial score (nSPS) is 19.4. The van der Waals surface area contributed by atoms with Gasteiger partial charge >= 0.3 is 6.18 Å². The number of nitrogens with zero attached hydrogens (tertiary/aromatic N) is 1. The van der Waals surface area contributed by atoms with Crippen molar-refractivity contribution in [2.45, 2.75) is 23.8 Å². The molecule has 6 nitrogen and oxygen atoms in total. The molecule has 2 amide bonds. The van der Waals surface area contributed by atoms with Crippen molar-refractivity contribution in [2.75, 3.05) is 31.8 Å². The SMILES string of the molecule is COc1ccc(C2CC2C(=O)N2CC(SC)C2)cc1C(=O)Nc1c(C=O)sc2cc(C(F)(F)F)ccc12. The zero-order valence-corrected chi connectivity index (χ0v) is 21.6. The summed E-state index contributed by atoms with van der Waals surface area (Å²) in [5, 5.41) is 3.53. The quantitative estimate of drug-likeness (QED) is 0.385. The molecule has 2 aromatic carbocycles. The maximum absolute atomic E-state index is 13.3. The lowest BCUT2D eigenvalue weighted by molar-refractivity contribution is -0.137. The van der Waals surface area contributed by atoms with Gasteiger partial charge in [0.1, 0.15) is 5.75 Å². The van der Waals surface area contributed by atoms with E-state index in [2.05, 4.69) is 5.32 Å². The van der Waals surface area contributed by atoms with Gasteiger partial charge in [0.25, 0.3) is 5.91 Å². The standard InChI is InChI=1S/C26H23F3N2O4S2/c1-35-20-6-3-13(17-9-18(17)25(34)31-10-15(11-31)36-2)7-19(20)24(33)30-23-16-5-4-14(26(27,28)29)8-21(16)37-22(23)12-32/h3-8,12,15,17-18H,9-11H2,1-2H3,(H,30,33). The minimum atomic E-state index is -4.52. The molecule has 3 aromatic rings. The van der Waals surface area contributed by atoms with Crippen LogP contribution in [-0.4, -0.2) is 54.7 Å². The summed E-state index contributed by atoms with van der Waals surface area (Å²) in [6.45, 7) is 1.52. The molecule has 0 spiro atoms. The van der Waals surface area contributed by atoms with E-state index in [0.29, 0.717) is 29.1 Å². The Balaban J connectivity index is 1.38. The van der Waals surface area contributed by atoms with Crippen molar-refractivity contribution in [1.82, 2.24) is 4.90 Å². The second-order valence-electron chi connectivity index (χ2n) is 9.13. The second-order valence-corrected chi connectivity index (χ2v) is 11.4. The van der Waals surface area contributed by atoms with Crippen molar-refractivity contribution in [3.05, 3.63) is 58.0 Å². The third-order valence-corrected chi connectivity index (χ3v) is 8.93. The van der Waals surface area contributed by atoms with Gasteiger partial charge in [0.05, 0.1) is 28.8 Å². The Labute approximate surface area is 219 Å². The zero-order valence-electron chi connectivity index (χ0n) is 19.9. The number of benzene rings is 2. The molecule has 0 bridgehead atoms. The Bertz CT molecular complexity index is 1400. The van der Waals surface area contributed by atoms with E-state index in [0.717, 1.165) is 42.1 Å². The number of likely N-dealkylation sites (tertiary alicyclic amines) is 1. The number of anilines is 1. The third kappa shape index (κ3) is 4.82. The van der Waals surface area contributed by atoms with E-state index in [1.165, 1.54) is 13.2 Å². The van der Waals surface area contributed by atoms with Crippen LogP contribution in [0.25, 0.3) is 10.1 Å². The highest BCUT2D eigenvalue weighted by molar-refractivity contribution is 7.99. The molecular formula is C26H23F3N2O4S2. The van der Waals surface area contributed by atoms with Gasteiger partial charge < -0.3 is 15.0 Å². The Hall–Kier alpha value is -3.05. The number of carbonyl (C=O) groups excluding carboxylic acids is 3. The number of halogens is 3. The molecule has 2 heterocycles. The number of alkyl halides is 3. The molecule has 11 heteroatoms. The predicted molar refractivity (Wildman–Crippen MR) is 138 cm³/mol. The lowest BCUT2D eigenvalue weighted by Gasteiger charge is -2.38. The first-order valence-electron chi connectivity index (χ1n) is 11.5. The number of carbonyl (C=O) groups is 3. The van der Waals surface area contributed by atoms with Gasteiger partial charge in [0.15, 0.2) is 6.29 Å². The van der Waals surface area contributed by atoms with Gasteiger partial charge in [0.2, 0.25) is 5.91 Å². The van der Waals surface area contributed by atoms with E-state index in [-0.39, 0.29) is 38.6 Å². The number of ether oxygens (including phenoxy) is 1. The first-order valence-corrected chi connectivity index (χ1v) is 13.6. The average Bonchev–Trinajstić information content (AvgIpc) is 3.58. The predicted octanol–water partition coefficient (Wildman–Crippen LogP) is 5.67. The van der Waals surface area contributed by atoms with E-state index in [4.69, 9.17) is 4.74 Å². The highest BCUT2D eigenvalue weighted by Crippen LogP contribution is 2.50. The lowest BCUT2D eigenvalue weighted by Crippen LogP contribution is -2.52. The van der Waals surface area contributed by atoms with Crippen LogP contribution in [0.5, 0.6) is 5.75 Å². The third-order valence-electron chi connectivity index (χ3n) is 6.89. The van der Waals surface area contributed by atoms with E-state index < -0.39 is 17.6 Å². The monoisotopic (exact) mass is 548 g/mol. The maximum atomic E-state index is 13.3. The van der Waals surface area contributed by atoms with Crippen LogP contribution >= 0.6 is 23.1 Å².